The van der Waals surface area contributed by atoms with Gasteiger partial charge < -0.3 is 4.74 Å². The minimum atomic E-state index is -0.284. The van der Waals surface area contributed by atoms with Gasteiger partial charge in [0.1, 0.15) is 18.2 Å². The molecule has 1 saturated heterocycles. The molecule has 1 aliphatic heterocycles. The van der Waals surface area contributed by atoms with Crippen LogP contribution in [0.2, 0.25) is 5.02 Å². The van der Waals surface area contributed by atoms with Crippen LogP contribution in [-0.4, -0.2) is 10.2 Å². The lowest BCUT2D eigenvalue weighted by molar-refractivity contribution is -0.113. The second kappa shape index (κ2) is 9.53. The minimum Gasteiger partial charge on any atom is -0.489 e. The standard InChI is InChI=1S/C23H14BrClFNO2S2/c24-19-9-8-17(12-20(19)25)27-22(28)21(31-23(27)30)11-15-2-1-3-18(10-15)29-13-14-4-6-16(26)7-5-14/h1-12H,13H2/b21-11+. The van der Waals surface area contributed by atoms with Gasteiger partial charge >= 0.3 is 0 Å². The van der Waals surface area contributed by atoms with Crippen molar-refractivity contribution in [2.45, 2.75) is 6.61 Å². The van der Waals surface area contributed by atoms with E-state index in [4.69, 9.17) is 28.6 Å². The number of hydrogen-bond donors (Lipinski definition) is 0. The number of amides is 1. The molecule has 4 rings (SSSR count). The quantitative estimate of drug-likeness (QED) is 0.255. The summed E-state index contributed by atoms with van der Waals surface area (Å²) in [7, 11) is 0. The van der Waals surface area contributed by atoms with Crippen molar-refractivity contribution in [3.8, 4) is 5.75 Å². The highest BCUT2D eigenvalue weighted by Gasteiger charge is 2.33. The van der Waals surface area contributed by atoms with Gasteiger partial charge in [-0.05, 0) is 75.6 Å². The number of hydrogen-bond acceptors (Lipinski definition) is 4. The average Bonchev–Trinajstić information content (AvgIpc) is 3.03. The third-order valence-corrected chi connectivity index (χ3v) is 6.96. The van der Waals surface area contributed by atoms with Crippen molar-refractivity contribution in [2.24, 2.45) is 0 Å². The van der Waals surface area contributed by atoms with Gasteiger partial charge in [0.15, 0.2) is 4.32 Å². The van der Waals surface area contributed by atoms with Crippen LogP contribution in [0, 0.1) is 5.82 Å². The fraction of sp³-hybridized carbons (Fsp3) is 0.0435. The van der Waals surface area contributed by atoms with Crippen molar-refractivity contribution >= 4 is 73.5 Å². The van der Waals surface area contributed by atoms with E-state index < -0.39 is 0 Å². The average molecular weight is 535 g/mol. The summed E-state index contributed by atoms with van der Waals surface area (Å²) in [6, 6.07) is 18.8. The number of halogens is 3. The van der Waals surface area contributed by atoms with Gasteiger partial charge in [0.2, 0.25) is 0 Å². The zero-order valence-electron chi connectivity index (χ0n) is 15.8. The number of carbonyl (C=O) groups is 1. The topological polar surface area (TPSA) is 29.5 Å². The van der Waals surface area contributed by atoms with Crippen LogP contribution in [0.25, 0.3) is 6.08 Å². The molecule has 0 atom stereocenters. The van der Waals surface area contributed by atoms with Crippen molar-refractivity contribution in [3.63, 3.8) is 0 Å². The Balaban J connectivity index is 1.51. The Bertz CT molecular complexity index is 1200. The number of anilines is 1. The maximum atomic E-state index is 13.0. The smallest absolute Gasteiger partial charge is 0.270 e. The molecule has 1 aliphatic rings. The van der Waals surface area contributed by atoms with Crippen molar-refractivity contribution in [1.29, 1.82) is 0 Å². The molecule has 1 amide bonds. The number of thiocarbonyl (C=S) groups is 1. The van der Waals surface area contributed by atoms with E-state index in [1.165, 1.54) is 28.8 Å². The molecule has 0 saturated carbocycles. The number of thioether (sulfide) groups is 1. The lowest BCUT2D eigenvalue weighted by Crippen LogP contribution is -2.27. The van der Waals surface area contributed by atoms with Gasteiger partial charge in [0, 0.05) is 4.47 Å². The first-order valence-electron chi connectivity index (χ1n) is 9.11. The third-order valence-electron chi connectivity index (χ3n) is 4.43. The Labute approximate surface area is 202 Å². The molecule has 0 unspecified atom stereocenters. The summed E-state index contributed by atoms with van der Waals surface area (Å²) in [6.45, 7) is 0.316. The Kier molecular flexibility index (Phi) is 6.77. The van der Waals surface area contributed by atoms with Gasteiger partial charge in [-0.3, -0.25) is 9.69 Å². The van der Waals surface area contributed by atoms with Crippen molar-refractivity contribution < 1.29 is 13.9 Å². The van der Waals surface area contributed by atoms with Crippen LogP contribution in [-0.2, 0) is 11.4 Å². The summed E-state index contributed by atoms with van der Waals surface area (Å²) < 4.78 is 20.0. The van der Waals surface area contributed by atoms with Crippen LogP contribution in [0.4, 0.5) is 10.1 Å². The molecule has 0 radical (unpaired) electrons. The molecule has 3 aromatic rings. The van der Waals surface area contributed by atoms with Crippen LogP contribution >= 0.6 is 51.5 Å². The van der Waals surface area contributed by atoms with E-state index in [-0.39, 0.29) is 11.7 Å². The highest BCUT2D eigenvalue weighted by atomic mass is 79.9. The van der Waals surface area contributed by atoms with Gasteiger partial charge in [0.05, 0.1) is 15.6 Å². The largest absolute Gasteiger partial charge is 0.489 e. The summed E-state index contributed by atoms with van der Waals surface area (Å²) in [5.41, 5.74) is 2.29. The summed E-state index contributed by atoms with van der Waals surface area (Å²) in [5.74, 6) is 0.160. The first-order chi connectivity index (χ1) is 14.9. The van der Waals surface area contributed by atoms with Crippen LogP contribution in [0.5, 0.6) is 5.75 Å². The maximum absolute atomic E-state index is 13.0. The zero-order chi connectivity index (χ0) is 22.0. The van der Waals surface area contributed by atoms with E-state index in [2.05, 4.69) is 15.9 Å². The monoisotopic (exact) mass is 533 g/mol. The molecule has 8 heteroatoms. The van der Waals surface area contributed by atoms with Crippen LogP contribution in [0.15, 0.2) is 76.1 Å². The van der Waals surface area contributed by atoms with Gasteiger partial charge in [-0.15, -0.1) is 0 Å². The van der Waals surface area contributed by atoms with Crippen LogP contribution in [0.1, 0.15) is 11.1 Å². The molecule has 156 valence electrons. The summed E-state index contributed by atoms with van der Waals surface area (Å²) >= 11 is 16.2. The van der Waals surface area contributed by atoms with Crippen molar-refractivity contribution in [1.82, 2.24) is 0 Å². The molecule has 0 N–H and O–H groups in total. The van der Waals surface area contributed by atoms with E-state index in [9.17, 15) is 9.18 Å². The number of ether oxygens (including phenoxy) is 1. The van der Waals surface area contributed by atoms with Gasteiger partial charge in [-0.25, -0.2) is 4.39 Å². The van der Waals surface area contributed by atoms with E-state index in [1.807, 2.05) is 24.3 Å². The lowest BCUT2D eigenvalue weighted by Gasteiger charge is -2.15. The molecule has 1 fully saturated rings. The molecule has 0 aliphatic carbocycles. The fourth-order valence-corrected chi connectivity index (χ4v) is 4.63. The highest BCUT2D eigenvalue weighted by molar-refractivity contribution is 9.10. The minimum absolute atomic E-state index is 0.203. The molecule has 0 spiro atoms. The Morgan fingerprint density at radius 2 is 1.90 bits per heavy atom. The van der Waals surface area contributed by atoms with Gasteiger partial charge in [-0.1, -0.05) is 59.8 Å². The van der Waals surface area contributed by atoms with E-state index in [0.717, 1.165) is 15.6 Å². The van der Waals surface area contributed by atoms with Gasteiger partial charge in [0.25, 0.3) is 5.91 Å². The van der Waals surface area contributed by atoms with E-state index >= 15 is 0 Å². The van der Waals surface area contributed by atoms with Gasteiger partial charge in [-0.2, -0.15) is 0 Å². The molecule has 0 bridgehead atoms. The Morgan fingerprint density at radius 3 is 2.65 bits per heavy atom. The number of nitrogens with zero attached hydrogens (tertiary/aromatic N) is 1. The maximum Gasteiger partial charge on any atom is 0.270 e. The second-order valence-corrected chi connectivity index (χ2v) is 9.54. The fourth-order valence-electron chi connectivity index (χ4n) is 2.91. The second-order valence-electron chi connectivity index (χ2n) is 6.60. The highest BCUT2D eigenvalue weighted by Crippen LogP contribution is 2.38. The van der Waals surface area contributed by atoms with Crippen LogP contribution < -0.4 is 9.64 Å². The summed E-state index contributed by atoms with van der Waals surface area (Å²) in [6.07, 6.45) is 1.78. The normalized spacial score (nSPS) is 15.1. The number of rotatable bonds is 5. The van der Waals surface area contributed by atoms with E-state index in [1.54, 1.807) is 36.4 Å². The molecule has 3 nitrogen and oxygen atoms in total. The first-order valence-corrected chi connectivity index (χ1v) is 11.5. The molecule has 0 aromatic heterocycles. The molecule has 1 heterocycles. The molecular weight excluding hydrogens is 521 g/mol. The van der Waals surface area contributed by atoms with Crippen LogP contribution in [0.3, 0.4) is 0 Å². The molecule has 3 aromatic carbocycles. The zero-order valence-corrected chi connectivity index (χ0v) is 19.8. The SMILES string of the molecule is O=C1/C(=C\c2cccc(OCc3ccc(F)cc3)c2)SC(=S)N1c1ccc(Br)c(Cl)c1. The predicted molar refractivity (Wildman–Crippen MR) is 132 cm³/mol. The summed E-state index contributed by atoms with van der Waals surface area (Å²) in [5, 5.41) is 0.501. The molecule has 31 heavy (non-hydrogen) atoms. The first kappa shape index (κ1) is 22.0. The summed E-state index contributed by atoms with van der Waals surface area (Å²) in [4.78, 5) is 15.0. The predicted octanol–water partition coefficient (Wildman–Crippen LogP) is 7.23. The number of benzene rings is 3. The number of carbonyl (C=O) groups excluding carboxylic acids is 1. The Morgan fingerprint density at radius 1 is 1.13 bits per heavy atom. The lowest BCUT2D eigenvalue weighted by atomic mass is 10.2. The Hall–Kier alpha value is -2.19. The third kappa shape index (κ3) is 5.18. The van der Waals surface area contributed by atoms with E-state index in [0.29, 0.717) is 32.3 Å². The van der Waals surface area contributed by atoms with Crippen molar-refractivity contribution in [3.05, 3.63) is 98.1 Å². The van der Waals surface area contributed by atoms with Crippen molar-refractivity contribution in [2.75, 3.05) is 4.90 Å². The molecular formula is C23H14BrClFNO2S2.